The van der Waals surface area contributed by atoms with Gasteiger partial charge in [-0.1, -0.05) is 36.4 Å². The molecule has 5 heteroatoms. The summed E-state index contributed by atoms with van der Waals surface area (Å²) in [6, 6.07) is 14.9. The zero-order valence-corrected chi connectivity index (χ0v) is 16.1. The van der Waals surface area contributed by atoms with Gasteiger partial charge in [-0.2, -0.15) is 0 Å². The quantitative estimate of drug-likeness (QED) is 0.900. The van der Waals surface area contributed by atoms with Gasteiger partial charge in [0.25, 0.3) is 0 Å². The Balaban J connectivity index is 1.46. The fraction of sp³-hybridized carbons (Fsp3) is 0.476. The Labute approximate surface area is 159 Å². The summed E-state index contributed by atoms with van der Waals surface area (Å²) < 4.78 is 0. The van der Waals surface area contributed by atoms with Crippen molar-refractivity contribution in [2.45, 2.75) is 43.8 Å². The fourth-order valence-electron chi connectivity index (χ4n) is 4.43. The van der Waals surface area contributed by atoms with Crippen LogP contribution >= 0.6 is 11.3 Å². The van der Waals surface area contributed by atoms with Gasteiger partial charge in [-0.15, -0.1) is 11.3 Å². The molecule has 26 heavy (non-hydrogen) atoms. The highest BCUT2D eigenvalue weighted by molar-refractivity contribution is 7.10. The van der Waals surface area contributed by atoms with Gasteiger partial charge in [-0.05, 0) is 36.8 Å². The number of hydrogen-bond donors (Lipinski definition) is 1. The lowest BCUT2D eigenvalue weighted by atomic mass is 9.95. The topological polar surface area (TPSA) is 49.6 Å². The first kappa shape index (κ1) is 17.7. The second kappa shape index (κ2) is 7.51. The molecule has 0 saturated carbocycles. The van der Waals surface area contributed by atoms with Crippen LogP contribution in [0.1, 0.15) is 42.2 Å². The van der Waals surface area contributed by atoms with Crippen LogP contribution in [-0.2, 0) is 4.79 Å². The Morgan fingerprint density at radius 1 is 1.19 bits per heavy atom. The summed E-state index contributed by atoms with van der Waals surface area (Å²) in [6.45, 7) is 4.56. The molecule has 2 aromatic rings. The second-order valence-corrected chi connectivity index (χ2v) is 8.50. The number of rotatable bonds is 4. The van der Waals surface area contributed by atoms with E-state index in [-0.39, 0.29) is 24.0 Å². The van der Waals surface area contributed by atoms with Crippen LogP contribution in [0.3, 0.4) is 0 Å². The summed E-state index contributed by atoms with van der Waals surface area (Å²) >= 11 is 1.76. The van der Waals surface area contributed by atoms with E-state index in [0.717, 1.165) is 32.5 Å². The van der Waals surface area contributed by atoms with Gasteiger partial charge in [-0.3, -0.25) is 9.69 Å². The lowest BCUT2D eigenvalue weighted by Gasteiger charge is -2.31. The number of likely N-dealkylation sites (tertiary alicyclic amines) is 2. The molecule has 0 bridgehead atoms. The van der Waals surface area contributed by atoms with E-state index < -0.39 is 0 Å². The summed E-state index contributed by atoms with van der Waals surface area (Å²) in [7, 11) is 0. The standard InChI is InChI=1S/C21H27N3OS/c1-15(21(25)24-11-5-9-19(24)20-10-6-12-26-20)23-13-17(18(22)14-23)16-7-3-2-4-8-16/h2-4,6-8,10,12,15,17-19H,5,9,11,13-14,22H2,1H3/t15?,17-,18+,19?/m0/s1. The van der Waals surface area contributed by atoms with Crippen molar-refractivity contribution in [3.63, 3.8) is 0 Å². The van der Waals surface area contributed by atoms with Crippen molar-refractivity contribution < 1.29 is 4.79 Å². The van der Waals surface area contributed by atoms with Crippen molar-refractivity contribution in [2.24, 2.45) is 5.73 Å². The van der Waals surface area contributed by atoms with Crippen LogP contribution in [0.25, 0.3) is 0 Å². The van der Waals surface area contributed by atoms with E-state index in [2.05, 4.69) is 51.6 Å². The number of benzene rings is 1. The molecule has 2 aliphatic rings. The smallest absolute Gasteiger partial charge is 0.240 e. The van der Waals surface area contributed by atoms with E-state index in [4.69, 9.17) is 5.73 Å². The molecule has 1 aromatic heterocycles. The number of amides is 1. The summed E-state index contributed by atoms with van der Waals surface area (Å²) in [5.41, 5.74) is 7.71. The van der Waals surface area contributed by atoms with E-state index in [0.29, 0.717) is 5.92 Å². The number of carbonyl (C=O) groups excluding carboxylic acids is 1. The van der Waals surface area contributed by atoms with Gasteiger partial charge >= 0.3 is 0 Å². The molecule has 1 aromatic carbocycles. The molecule has 138 valence electrons. The Hall–Kier alpha value is -1.69. The first-order chi connectivity index (χ1) is 12.6. The molecule has 4 nitrogen and oxygen atoms in total. The van der Waals surface area contributed by atoms with Crippen LogP contribution in [0.5, 0.6) is 0 Å². The van der Waals surface area contributed by atoms with Crippen LogP contribution in [0.2, 0.25) is 0 Å². The maximum Gasteiger partial charge on any atom is 0.240 e. The molecule has 3 heterocycles. The van der Waals surface area contributed by atoms with Gasteiger partial charge in [0.05, 0.1) is 12.1 Å². The van der Waals surface area contributed by atoms with Crippen molar-refractivity contribution in [2.75, 3.05) is 19.6 Å². The van der Waals surface area contributed by atoms with Crippen LogP contribution in [-0.4, -0.2) is 47.4 Å². The van der Waals surface area contributed by atoms with E-state index >= 15 is 0 Å². The third kappa shape index (κ3) is 3.31. The van der Waals surface area contributed by atoms with Crippen LogP contribution in [0.15, 0.2) is 47.8 Å². The molecule has 0 radical (unpaired) electrons. The molecular weight excluding hydrogens is 342 g/mol. The van der Waals surface area contributed by atoms with Crippen LogP contribution in [0.4, 0.5) is 0 Å². The zero-order valence-electron chi connectivity index (χ0n) is 15.3. The minimum atomic E-state index is -0.115. The molecule has 2 fully saturated rings. The normalized spacial score (nSPS) is 27.8. The first-order valence-electron chi connectivity index (χ1n) is 9.53. The number of carbonyl (C=O) groups is 1. The predicted octanol–water partition coefficient (Wildman–Crippen LogP) is 3.23. The van der Waals surface area contributed by atoms with Crippen molar-refractivity contribution in [1.82, 2.24) is 9.80 Å². The van der Waals surface area contributed by atoms with Crippen LogP contribution < -0.4 is 5.73 Å². The highest BCUT2D eigenvalue weighted by atomic mass is 32.1. The molecule has 0 spiro atoms. The number of thiophene rings is 1. The Kier molecular flexibility index (Phi) is 5.11. The fourth-order valence-corrected chi connectivity index (χ4v) is 5.31. The van der Waals surface area contributed by atoms with Crippen molar-refractivity contribution in [1.29, 1.82) is 0 Å². The molecule has 2 saturated heterocycles. The summed E-state index contributed by atoms with van der Waals surface area (Å²) in [4.78, 5) is 18.9. The average molecular weight is 370 g/mol. The highest BCUT2D eigenvalue weighted by Gasteiger charge is 2.39. The second-order valence-electron chi connectivity index (χ2n) is 7.52. The predicted molar refractivity (Wildman–Crippen MR) is 106 cm³/mol. The number of nitrogens with zero attached hydrogens (tertiary/aromatic N) is 2. The van der Waals surface area contributed by atoms with E-state index in [9.17, 15) is 4.79 Å². The molecule has 2 N–H and O–H groups in total. The van der Waals surface area contributed by atoms with Gasteiger partial charge in [0, 0.05) is 36.5 Å². The average Bonchev–Trinajstić information content (AvgIpc) is 3.40. The summed E-state index contributed by atoms with van der Waals surface area (Å²) in [5, 5.41) is 2.10. The largest absolute Gasteiger partial charge is 0.333 e. The molecule has 4 atom stereocenters. The molecule has 4 rings (SSSR count). The van der Waals surface area contributed by atoms with Crippen molar-refractivity contribution in [3.05, 3.63) is 58.3 Å². The Morgan fingerprint density at radius 2 is 2.00 bits per heavy atom. The Bertz CT molecular complexity index is 733. The monoisotopic (exact) mass is 369 g/mol. The minimum Gasteiger partial charge on any atom is -0.333 e. The van der Waals surface area contributed by atoms with E-state index in [1.807, 2.05) is 13.0 Å². The molecule has 0 aliphatic carbocycles. The van der Waals surface area contributed by atoms with Crippen LogP contribution in [0, 0.1) is 0 Å². The van der Waals surface area contributed by atoms with Gasteiger partial charge in [0.15, 0.2) is 0 Å². The first-order valence-corrected chi connectivity index (χ1v) is 10.4. The molecule has 1 amide bonds. The maximum absolute atomic E-state index is 13.2. The Morgan fingerprint density at radius 3 is 2.73 bits per heavy atom. The summed E-state index contributed by atoms with van der Waals surface area (Å²) in [5.74, 6) is 0.555. The van der Waals surface area contributed by atoms with Crippen molar-refractivity contribution >= 4 is 17.2 Å². The minimum absolute atomic E-state index is 0.0827. The number of nitrogens with two attached hydrogens (primary N) is 1. The zero-order chi connectivity index (χ0) is 18.1. The highest BCUT2D eigenvalue weighted by Crippen LogP contribution is 2.36. The molecule has 2 unspecified atom stereocenters. The van der Waals surface area contributed by atoms with Gasteiger partial charge in [0.1, 0.15) is 0 Å². The van der Waals surface area contributed by atoms with Gasteiger partial charge in [-0.25, -0.2) is 0 Å². The lowest BCUT2D eigenvalue weighted by molar-refractivity contribution is -0.137. The molecular formula is C21H27N3OS. The third-order valence-electron chi connectivity index (χ3n) is 5.93. The van der Waals surface area contributed by atoms with Gasteiger partial charge < -0.3 is 10.6 Å². The van der Waals surface area contributed by atoms with Crippen molar-refractivity contribution in [3.8, 4) is 0 Å². The number of hydrogen-bond acceptors (Lipinski definition) is 4. The maximum atomic E-state index is 13.2. The summed E-state index contributed by atoms with van der Waals surface area (Å²) in [6.07, 6.45) is 2.16. The van der Waals surface area contributed by atoms with E-state index in [1.54, 1.807) is 11.3 Å². The molecule has 2 aliphatic heterocycles. The lowest BCUT2D eigenvalue weighted by Crippen LogP contribution is -2.46. The third-order valence-corrected chi connectivity index (χ3v) is 6.91. The SMILES string of the molecule is CC(C(=O)N1CCCC1c1cccs1)N1C[C@@H](N)[C@H](c2ccccc2)C1. The van der Waals surface area contributed by atoms with Gasteiger partial charge in [0.2, 0.25) is 5.91 Å². The van der Waals surface area contributed by atoms with E-state index in [1.165, 1.54) is 10.4 Å².